The van der Waals surface area contributed by atoms with Crippen LogP contribution in [0.5, 0.6) is 0 Å². The average Bonchev–Trinajstić information content (AvgIpc) is 2.05. The van der Waals surface area contributed by atoms with Crippen molar-refractivity contribution in [2.24, 2.45) is 0 Å². The predicted molar refractivity (Wildman–Crippen MR) is 41.2 cm³/mol. The van der Waals surface area contributed by atoms with E-state index in [0.29, 0.717) is 0 Å². The van der Waals surface area contributed by atoms with Gasteiger partial charge in [-0.2, -0.15) is 0 Å². The van der Waals surface area contributed by atoms with Gasteiger partial charge in [0.15, 0.2) is 0 Å². The van der Waals surface area contributed by atoms with Crippen molar-refractivity contribution in [2.45, 2.75) is 12.8 Å². The summed E-state index contributed by atoms with van der Waals surface area (Å²) in [6.45, 7) is 1.04. The number of hydrogen-bond donors (Lipinski definition) is 1. The van der Waals surface area contributed by atoms with E-state index in [9.17, 15) is 0 Å². The molecule has 0 aromatic rings. The fourth-order valence-corrected chi connectivity index (χ4v) is 1.33. The maximum absolute atomic E-state index is 3.17. The second-order valence-corrected chi connectivity index (χ2v) is 2.60. The number of rotatable bonds is 0. The molecule has 1 aliphatic heterocycles. The van der Waals surface area contributed by atoms with Crippen molar-refractivity contribution in [1.82, 2.24) is 5.32 Å². The Morgan fingerprint density at radius 1 is 1.50 bits per heavy atom. The van der Waals surface area contributed by atoms with E-state index in [0.717, 1.165) is 19.4 Å². The molecule has 1 aliphatic carbocycles. The minimum absolute atomic E-state index is 1.04. The van der Waals surface area contributed by atoms with Crippen molar-refractivity contribution in [1.29, 1.82) is 0 Å². The van der Waals surface area contributed by atoms with Gasteiger partial charge in [-0.1, -0.05) is 18.2 Å². The lowest BCUT2D eigenvalue weighted by molar-refractivity contribution is 0.757. The van der Waals surface area contributed by atoms with Crippen molar-refractivity contribution in [2.75, 3.05) is 6.54 Å². The molecule has 2 rings (SSSR count). The molecule has 0 aromatic carbocycles. The Morgan fingerprint density at radius 3 is 3.40 bits per heavy atom. The summed E-state index contributed by atoms with van der Waals surface area (Å²) in [5.74, 6) is 0. The second-order valence-electron chi connectivity index (χ2n) is 2.60. The molecular weight excluding hydrogens is 122 g/mol. The molecule has 0 atom stereocenters. The molecule has 1 nitrogen and oxygen atoms in total. The fraction of sp³-hybridized carbons (Fsp3) is 0.333. The van der Waals surface area contributed by atoms with Crippen molar-refractivity contribution in [3.05, 3.63) is 35.6 Å². The molecule has 0 unspecified atom stereocenters. The average molecular weight is 132 g/mol. The molecule has 1 heterocycles. The largest absolute Gasteiger partial charge is 0.383 e. The van der Waals surface area contributed by atoms with Crippen LogP contribution in [0.2, 0.25) is 0 Å². The first kappa shape index (κ1) is 5.78. The molecule has 1 heteroatoms. The molecule has 0 saturated heterocycles. The Bertz CT molecular complexity index is 221. The van der Waals surface area contributed by atoms with Crippen molar-refractivity contribution in [3.8, 4) is 0 Å². The Kier molecular flexibility index (Phi) is 1.35. The van der Waals surface area contributed by atoms with E-state index in [1.165, 1.54) is 11.1 Å². The highest BCUT2D eigenvalue weighted by atomic mass is 14.8. The summed E-state index contributed by atoms with van der Waals surface area (Å²) in [6, 6.07) is 0. The minimum atomic E-state index is 1.04. The fourth-order valence-electron chi connectivity index (χ4n) is 1.33. The van der Waals surface area contributed by atoms with Crippen LogP contribution in [0.1, 0.15) is 12.8 Å². The first-order valence-electron chi connectivity index (χ1n) is 3.67. The van der Waals surface area contributed by atoms with Gasteiger partial charge in [-0.05, 0) is 24.0 Å². The van der Waals surface area contributed by atoms with Gasteiger partial charge in [-0.15, -0.1) is 0 Å². The third-order valence-corrected chi connectivity index (χ3v) is 1.90. The molecule has 1 N–H and O–H groups in total. The van der Waals surface area contributed by atoms with E-state index in [4.69, 9.17) is 0 Å². The van der Waals surface area contributed by atoms with Crippen molar-refractivity contribution >= 4 is 0 Å². The van der Waals surface area contributed by atoms with Gasteiger partial charge in [0.05, 0.1) is 6.20 Å². The van der Waals surface area contributed by atoms with Gasteiger partial charge >= 0.3 is 0 Å². The SMILES string of the molecule is [C]1=C2CC=CC=C2CCN1. The Labute approximate surface area is 61.1 Å². The third kappa shape index (κ3) is 0.878. The van der Waals surface area contributed by atoms with E-state index in [1.807, 2.05) is 0 Å². The van der Waals surface area contributed by atoms with E-state index in [-0.39, 0.29) is 0 Å². The maximum Gasteiger partial charge on any atom is 0.0617 e. The summed E-state index contributed by atoms with van der Waals surface area (Å²) in [4.78, 5) is 0. The van der Waals surface area contributed by atoms with E-state index in [1.54, 1.807) is 0 Å². The summed E-state index contributed by atoms with van der Waals surface area (Å²) >= 11 is 0. The predicted octanol–water partition coefficient (Wildman–Crippen LogP) is 1.55. The lowest BCUT2D eigenvalue weighted by Gasteiger charge is -2.17. The van der Waals surface area contributed by atoms with Crippen LogP contribution < -0.4 is 5.32 Å². The second kappa shape index (κ2) is 2.33. The van der Waals surface area contributed by atoms with Crippen LogP contribution >= 0.6 is 0 Å². The lowest BCUT2D eigenvalue weighted by Crippen LogP contribution is -2.17. The van der Waals surface area contributed by atoms with Gasteiger partial charge in [0.1, 0.15) is 0 Å². The third-order valence-electron chi connectivity index (χ3n) is 1.90. The molecule has 2 aliphatic rings. The Morgan fingerprint density at radius 2 is 2.50 bits per heavy atom. The van der Waals surface area contributed by atoms with Crippen LogP contribution in [0.4, 0.5) is 0 Å². The van der Waals surface area contributed by atoms with Crippen LogP contribution in [0, 0.1) is 6.20 Å². The molecule has 0 bridgehead atoms. The van der Waals surface area contributed by atoms with Gasteiger partial charge in [0, 0.05) is 6.54 Å². The molecule has 0 aromatic heterocycles. The van der Waals surface area contributed by atoms with Crippen LogP contribution in [0.3, 0.4) is 0 Å². The Hall–Kier alpha value is -0.980. The van der Waals surface area contributed by atoms with Crippen molar-refractivity contribution < 1.29 is 0 Å². The molecule has 0 spiro atoms. The summed E-state index contributed by atoms with van der Waals surface area (Å²) in [6.07, 6.45) is 11.9. The van der Waals surface area contributed by atoms with Gasteiger partial charge in [-0.25, -0.2) is 0 Å². The van der Waals surface area contributed by atoms with Crippen LogP contribution in [-0.2, 0) is 0 Å². The topological polar surface area (TPSA) is 12.0 Å². The highest BCUT2D eigenvalue weighted by molar-refractivity contribution is 5.38. The number of allylic oxidation sites excluding steroid dienone is 4. The molecule has 51 valence electrons. The zero-order valence-corrected chi connectivity index (χ0v) is 5.85. The molecular formula is C9H10N. The zero-order valence-electron chi connectivity index (χ0n) is 5.85. The lowest BCUT2D eigenvalue weighted by atomic mass is 9.94. The molecule has 0 fully saturated rings. The van der Waals surface area contributed by atoms with Crippen molar-refractivity contribution in [3.63, 3.8) is 0 Å². The molecule has 1 radical (unpaired) electrons. The van der Waals surface area contributed by atoms with E-state index in [2.05, 4.69) is 29.7 Å². The smallest absolute Gasteiger partial charge is 0.0617 e. The highest BCUT2D eigenvalue weighted by Gasteiger charge is 2.09. The van der Waals surface area contributed by atoms with Crippen LogP contribution in [0.25, 0.3) is 0 Å². The standard InChI is InChI=1S/C9H10N/c1-2-4-9-7-10-6-5-8(9)3-1/h1-3,10H,4-6H2. The summed E-state index contributed by atoms with van der Waals surface area (Å²) < 4.78 is 0. The van der Waals surface area contributed by atoms with Crippen LogP contribution in [0.15, 0.2) is 29.4 Å². The summed E-state index contributed by atoms with van der Waals surface area (Å²) in [7, 11) is 0. The highest BCUT2D eigenvalue weighted by Crippen LogP contribution is 2.22. The summed E-state index contributed by atoms with van der Waals surface area (Å²) in [5.41, 5.74) is 2.80. The Balaban J connectivity index is 2.32. The van der Waals surface area contributed by atoms with Gasteiger partial charge < -0.3 is 5.32 Å². The van der Waals surface area contributed by atoms with E-state index >= 15 is 0 Å². The zero-order chi connectivity index (χ0) is 6.81. The van der Waals surface area contributed by atoms with Gasteiger partial charge in [0.25, 0.3) is 0 Å². The monoisotopic (exact) mass is 132 g/mol. The van der Waals surface area contributed by atoms with Gasteiger partial charge in [-0.3, -0.25) is 0 Å². The molecule has 0 amide bonds. The number of fused-ring (bicyclic) bond motifs is 1. The molecule has 0 saturated carbocycles. The van der Waals surface area contributed by atoms with E-state index < -0.39 is 0 Å². The first-order valence-corrected chi connectivity index (χ1v) is 3.67. The maximum atomic E-state index is 3.17. The number of hydrogen-bond acceptors (Lipinski definition) is 1. The van der Waals surface area contributed by atoms with Gasteiger partial charge in [0.2, 0.25) is 0 Å². The number of nitrogens with one attached hydrogen (secondary N) is 1. The molecule has 10 heavy (non-hydrogen) atoms. The summed E-state index contributed by atoms with van der Waals surface area (Å²) in [5, 5.41) is 3.12. The first-order chi connectivity index (χ1) is 4.97. The van der Waals surface area contributed by atoms with Crippen LogP contribution in [-0.4, -0.2) is 6.54 Å². The normalized spacial score (nSPS) is 22.4. The minimum Gasteiger partial charge on any atom is -0.383 e. The quantitative estimate of drug-likeness (QED) is 0.527.